The van der Waals surface area contributed by atoms with Gasteiger partial charge >= 0.3 is 0 Å². The molecule has 1 aromatic rings. The van der Waals surface area contributed by atoms with E-state index in [9.17, 15) is 9.90 Å². The third-order valence-electron chi connectivity index (χ3n) is 4.58. The summed E-state index contributed by atoms with van der Waals surface area (Å²) in [6.07, 6.45) is 6.70. The van der Waals surface area contributed by atoms with Crippen LogP contribution in [0.4, 0.5) is 0 Å². The molecule has 0 saturated heterocycles. The van der Waals surface area contributed by atoms with Crippen LogP contribution in [0.5, 0.6) is 5.75 Å². The molecule has 5 heteroatoms. The highest BCUT2D eigenvalue weighted by atomic mass is 16.5. The molecule has 160 valence electrons. The molecule has 0 aliphatic carbocycles. The van der Waals surface area contributed by atoms with Crippen molar-refractivity contribution in [2.75, 3.05) is 13.2 Å². The Labute approximate surface area is 171 Å². The van der Waals surface area contributed by atoms with Crippen LogP contribution >= 0.6 is 0 Å². The maximum absolute atomic E-state index is 12.0. The Balaban J connectivity index is 2.26. The van der Waals surface area contributed by atoms with E-state index in [4.69, 9.17) is 4.74 Å². The smallest absolute Gasteiger partial charge is 0.220 e. The number of hydrogen-bond donors (Lipinski definition) is 3. The second-order valence-corrected chi connectivity index (χ2v) is 8.01. The van der Waals surface area contributed by atoms with E-state index < -0.39 is 6.10 Å². The molecule has 0 bridgehead atoms. The van der Waals surface area contributed by atoms with Crippen molar-refractivity contribution in [2.24, 2.45) is 0 Å². The number of aliphatic hydroxyl groups is 1. The van der Waals surface area contributed by atoms with Gasteiger partial charge in [-0.3, -0.25) is 4.79 Å². The Morgan fingerprint density at radius 2 is 1.75 bits per heavy atom. The Kier molecular flexibility index (Phi) is 12.6. The number of nitrogens with one attached hydrogen (secondary N) is 2. The van der Waals surface area contributed by atoms with Crippen LogP contribution < -0.4 is 15.4 Å². The van der Waals surface area contributed by atoms with Gasteiger partial charge in [0.2, 0.25) is 5.91 Å². The molecule has 0 aliphatic rings. The standard InChI is InChI=1S/C23H40N2O3/c1-5-6-7-8-9-10-23(27)25-19(4)15-20-11-13-22(14-12-20)28-17-21(26)16-24-18(2)3/h11-14,18-19,21,24,26H,5-10,15-17H2,1-4H3,(H,25,27). The average Bonchev–Trinajstić information content (AvgIpc) is 2.65. The van der Waals surface area contributed by atoms with Crippen molar-refractivity contribution >= 4 is 5.91 Å². The zero-order valence-corrected chi connectivity index (χ0v) is 18.2. The number of carbonyl (C=O) groups excluding carboxylic acids is 1. The van der Waals surface area contributed by atoms with Crippen molar-refractivity contribution in [3.8, 4) is 5.75 Å². The number of aliphatic hydroxyl groups excluding tert-OH is 1. The van der Waals surface area contributed by atoms with Crippen molar-refractivity contribution in [3.63, 3.8) is 0 Å². The number of amides is 1. The van der Waals surface area contributed by atoms with Gasteiger partial charge in [0.05, 0.1) is 0 Å². The summed E-state index contributed by atoms with van der Waals surface area (Å²) in [7, 11) is 0. The Morgan fingerprint density at radius 1 is 1.07 bits per heavy atom. The molecule has 0 aromatic heterocycles. The first kappa shape index (κ1) is 24.4. The first-order valence-corrected chi connectivity index (χ1v) is 10.8. The summed E-state index contributed by atoms with van der Waals surface area (Å²) >= 11 is 0. The molecular formula is C23H40N2O3. The second-order valence-electron chi connectivity index (χ2n) is 8.01. The van der Waals surface area contributed by atoms with Gasteiger partial charge in [0, 0.05) is 25.0 Å². The molecule has 0 heterocycles. The number of hydrogen-bond acceptors (Lipinski definition) is 4. The largest absolute Gasteiger partial charge is 0.491 e. The Hall–Kier alpha value is -1.59. The predicted octanol–water partition coefficient (Wildman–Crippen LogP) is 3.83. The van der Waals surface area contributed by atoms with E-state index in [-0.39, 0.29) is 18.6 Å². The van der Waals surface area contributed by atoms with Gasteiger partial charge < -0.3 is 20.5 Å². The average molecular weight is 393 g/mol. The molecule has 3 N–H and O–H groups in total. The molecule has 28 heavy (non-hydrogen) atoms. The molecular weight excluding hydrogens is 352 g/mol. The fraction of sp³-hybridized carbons (Fsp3) is 0.696. The van der Waals surface area contributed by atoms with Crippen molar-refractivity contribution in [1.82, 2.24) is 10.6 Å². The second kappa shape index (κ2) is 14.4. The molecule has 1 amide bonds. The van der Waals surface area contributed by atoms with E-state index >= 15 is 0 Å². The van der Waals surface area contributed by atoms with Gasteiger partial charge in [-0.15, -0.1) is 0 Å². The van der Waals surface area contributed by atoms with E-state index in [1.165, 1.54) is 19.3 Å². The van der Waals surface area contributed by atoms with Crippen LogP contribution in [0.15, 0.2) is 24.3 Å². The van der Waals surface area contributed by atoms with Gasteiger partial charge in [-0.2, -0.15) is 0 Å². The van der Waals surface area contributed by atoms with Gasteiger partial charge in [0.25, 0.3) is 0 Å². The van der Waals surface area contributed by atoms with Crippen molar-refractivity contribution < 1.29 is 14.6 Å². The van der Waals surface area contributed by atoms with Crippen LogP contribution in [0.25, 0.3) is 0 Å². The summed E-state index contributed by atoms with van der Waals surface area (Å²) < 4.78 is 5.64. The van der Waals surface area contributed by atoms with Gasteiger partial charge in [-0.05, 0) is 37.5 Å². The van der Waals surface area contributed by atoms with E-state index in [1.807, 2.05) is 45.0 Å². The summed E-state index contributed by atoms with van der Waals surface area (Å²) in [5.74, 6) is 0.893. The van der Waals surface area contributed by atoms with E-state index in [2.05, 4.69) is 17.6 Å². The summed E-state index contributed by atoms with van der Waals surface area (Å²) in [5.41, 5.74) is 1.16. The molecule has 0 fully saturated rings. The van der Waals surface area contributed by atoms with Gasteiger partial charge in [-0.1, -0.05) is 58.6 Å². The quantitative estimate of drug-likeness (QED) is 0.397. The predicted molar refractivity (Wildman–Crippen MR) is 116 cm³/mol. The van der Waals surface area contributed by atoms with Crippen molar-refractivity contribution in [2.45, 2.75) is 90.8 Å². The first-order chi connectivity index (χ1) is 13.4. The highest BCUT2D eigenvalue weighted by molar-refractivity contribution is 5.76. The lowest BCUT2D eigenvalue weighted by molar-refractivity contribution is -0.121. The lowest BCUT2D eigenvalue weighted by Gasteiger charge is -2.16. The molecule has 2 atom stereocenters. The Bertz CT molecular complexity index is 531. The highest BCUT2D eigenvalue weighted by Crippen LogP contribution is 2.14. The van der Waals surface area contributed by atoms with Crippen LogP contribution in [0, 0.1) is 0 Å². The van der Waals surface area contributed by atoms with Crippen molar-refractivity contribution in [3.05, 3.63) is 29.8 Å². The molecule has 1 aromatic carbocycles. The fourth-order valence-corrected chi connectivity index (χ4v) is 2.99. The van der Waals surface area contributed by atoms with Crippen LogP contribution in [0.3, 0.4) is 0 Å². The fourth-order valence-electron chi connectivity index (χ4n) is 2.99. The van der Waals surface area contributed by atoms with Crippen LogP contribution in [0.1, 0.15) is 71.8 Å². The normalized spacial score (nSPS) is 13.4. The maximum atomic E-state index is 12.0. The Morgan fingerprint density at radius 3 is 2.39 bits per heavy atom. The molecule has 0 spiro atoms. The van der Waals surface area contributed by atoms with Gasteiger partial charge in [-0.25, -0.2) is 0 Å². The van der Waals surface area contributed by atoms with E-state index in [1.54, 1.807) is 0 Å². The SMILES string of the molecule is CCCCCCCC(=O)NC(C)Cc1ccc(OCC(O)CNC(C)C)cc1. The minimum atomic E-state index is -0.528. The molecule has 1 rings (SSSR count). The topological polar surface area (TPSA) is 70.6 Å². The first-order valence-electron chi connectivity index (χ1n) is 10.8. The van der Waals surface area contributed by atoms with Gasteiger partial charge in [0.15, 0.2) is 0 Å². The molecule has 0 saturated carbocycles. The van der Waals surface area contributed by atoms with Gasteiger partial charge in [0.1, 0.15) is 18.5 Å². The molecule has 0 radical (unpaired) electrons. The summed E-state index contributed by atoms with van der Waals surface area (Å²) in [4.78, 5) is 12.0. The third kappa shape index (κ3) is 12.0. The monoisotopic (exact) mass is 392 g/mol. The highest BCUT2D eigenvalue weighted by Gasteiger charge is 2.09. The maximum Gasteiger partial charge on any atom is 0.220 e. The summed E-state index contributed by atoms with van der Waals surface area (Å²) in [6.45, 7) is 9.11. The van der Waals surface area contributed by atoms with Crippen molar-refractivity contribution in [1.29, 1.82) is 0 Å². The number of benzene rings is 1. The molecule has 0 aliphatic heterocycles. The van der Waals surface area contributed by atoms with Crippen LogP contribution in [-0.4, -0.2) is 42.4 Å². The third-order valence-corrected chi connectivity index (χ3v) is 4.58. The summed E-state index contributed by atoms with van der Waals surface area (Å²) in [5, 5.41) is 16.2. The minimum absolute atomic E-state index is 0.110. The molecule has 2 unspecified atom stereocenters. The number of unbranched alkanes of at least 4 members (excludes halogenated alkanes) is 4. The summed E-state index contributed by atoms with van der Waals surface area (Å²) in [6, 6.07) is 8.32. The lowest BCUT2D eigenvalue weighted by atomic mass is 10.1. The van der Waals surface area contributed by atoms with E-state index in [0.29, 0.717) is 19.0 Å². The zero-order chi connectivity index (χ0) is 20.8. The zero-order valence-electron chi connectivity index (χ0n) is 18.2. The minimum Gasteiger partial charge on any atom is -0.491 e. The van der Waals surface area contributed by atoms with Crippen LogP contribution in [0.2, 0.25) is 0 Å². The molecule has 5 nitrogen and oxygen atoms in total. The number of ether oxygens (including phenoxy) is 1. The van der Waals surface area contributed by atoms with Crippen LogP contribution in [-0.2, 0) is 11.2 Å². The lowest BCUT2D eigenvalue weighted by Crippen LogP contribution is -2.35. The number of rotatable bonds is 15. The van der Waals surface area contributed by atoms with E-state index in [0.717, 1.165) is 30.6 Å². The number of carbonyl (C=O) groups is 1.